The molecule has 1 N–H and O–H groups in total. The van der Waals surface area contributed by atoms with Crippen molar-refractivity contribution in [3.63, 3.8) is 0 Å². The lowest BCUT2D eigenvalue weighted by Crippen LogP contribution is -2.34. The van der Waals surface area contributed by atoms with E-state index in [1.54, 1.807) is 17.7 Å². The van der Waals surface area contributed by atoms with E-state index in [-0.39, 0.29) is 0 Å². The summed E-state index contributed by atoms with van der Waals surface area (Å²) in [5.74, 6) is 1.94. The molecule has 0 radical (unpaired) electrons. The Balaban J connectivity index is 1.81. The first-order valence-electron chi connectivity index (χ1n) is 6.09. The second kappa shape index (κ2) is 3.65. The van der Waals surface area contributed by atoms with E-state index < -0.39 is 0 Å². The normalized spacial score (nSPS) is 27.9. The fourth-order valence-corrected chi connectivity index (χ4v) is 3.85. The molecule has 2 aliphatic rings. The quantitative estimate of drug-likeness (QED) is 0.827. The van der Waals surface area contributed by atoms with Gasteiger partial charge in [-0.2, -0.15) is 0 Å². The molecule has 0 amide bonds. The highest BCUT2D eigenvalue weighted by molar-refractivity contribution is 7.16. The first kappa shape index (κ1) is 9.79. The third kappa shape index (κ3) is 1.39. The van der Waals surface area contributed by atoms with Crippen molar-refractivity contribution in [2.75, 3.05) is 24.5 Å². The number of nitrogens with zero attached hydrogens (tertiary/aromatic N) is 3. The topological polar surface area (TPSA) is 41.1 Å². The minimum Gasteiger partial charge on any atom is -0.351 e. The summed E-state index contributed by atoms with van der Waals surface area (Å²) in [5.41, 5.74) is 0. The van der Waals surface area contributed by atoms with Crippen molar-refractivity contribution in [2.45, 2.75) is 12.5 Å². The predicted molar refractivity (Wildman–Crippen MR) is 69.5 cm³/mol. The van der Waals surface area contributed by atoms with Gasteiger partial charge in [0.2, 0.25) is 0 Å². The summed E-state index contributed by atoms with van der Waals surface area (Å²) in [7, 11) is 0. The predicted octanol–water partition coefficient (Wildman–Crippen LogP) is 1.49. The molecule has 4 rings (SSSR count). The second-order valence-corrected chi connectivity index (χ2v) is 5.70. The Morgan fingerprint density at radius 3 is 3.35 bits per heavy atom. The molecule has 4 nitrogen and oxygen atoms in total. The Bertz CT molecular complexity index is 552. The number of anilines is 1. The van der Waals surface area contributed by atoms with E-state index in [9.17, 15) is 0 Å². The number of hydrogen-bond acceptors (Lipinski definition) is 5. The third-order valence-corrected chi connectivity index (χ3v) is 4.78. The molecule has 2 aromatic heterocycles. The molecular formula is C12H14N4S. The van der Waals surface area contributed by atoms with E-state index in [1.807, 2.05) is 0 Å². The first-order chi connectivity index (χ1) is 8.43. The van der Waals surface area contributed by atoms with Crippen molar-refractivity contribution in [1.29, 1.82) is 0 Å². The van der Waals surface area contributed by atoms with Crippen LogP contribution in [0, 0.1) is 5.92 Å². The van der Waals surface area contributed by atoms with Crippen LogP contribution in [0.3, 0.4) is 0 Å². The van der Waals surface area contributed by atoms with Gasteiger partial charge in [-0.3, -0.25) is 0 Å². The van der Waals surface area contributed by atoms with Gasteiger partial charge in [0.1, 0.15) is 17.0 Å². The van der Waals surface area contributed by atoms with Crippen LogP contribution >= 0.6 is 11.3 Å². The number of rotatable bonds is 1. The van der Waals surface area contributed by atoms with Crippen molar-refractivity contribution < 1.29 is 0 Å². The van der Waals surface area contributed by atoms with Crippen LogP contribution < -0.4 is 10.2 Å². The van der Waals surface area contributed by atoms with Crippen LogP contribution in [-0.4, -0.2) is 35.6 Å². The molecule has 2 aliphatic heterocycles. The average Bonchev–Trinajstić information content (AvgIpc) is 3.04. The molecule has 2 fully saturated rings. The largest absolute Gasteiger partial charge is 0.351 e. The van der Waals surface area contributed by atoms with E-state index in [0.717, 1.165) is 29.7 Å². The molecule has 0 aliphatic carbocycles. The van der Waals surface area contributed by atoms with Crippen LogP contribution in [-0.2, 0) is 0 Å². The summed E-state index contributed by atoms with van der Waals surface area (Å²) in [4.78, 5) is 12.4. The summed E-state index contributed by atoms with van der Waals surface area (Å²) in [5, 5.41) is 6.80. The Kier molecular flexibility index (Phi) is 2.10. The minimum absolute atomic E-state index is 0.632. The molecular weight excluding hydrogens is 232 g/mol. The maximum atomic E-state index is 4.52. The Labute approximate surface area is 104 Å². The lowest BCUT2D eigenvalue weighted by atomic mass is 10.1. The van der Waals surface area contributed by atoms with Crippen LogP contribution in [0.15, 0.2) is 17.8 Å². The third-order valence-electron chi connectivity index (χ3n) is 3.96. The summed E-state index contributed by atoms with van der Waals surface area (Å²) in [6, 6.07) is 2.78. The van der Waals surface area contributed by atoms with E-state index in [2.05, 4.69) is 31.6 Å². The molecule has 4 heterocycles. The molecule has 0 saturated carbocycles. The Morgan fingerprint density at radius 2 is 2.35 bits per heavy atom. The van der Waals surface area contributed by atoms with Crippen molar-refractivity contribution in [3.05, 3.63) is 17.8 Å². The fourth-order valence-electron chi connectivity index (χ4n) is 3.12. The van der Waals surface area contributed by atoms with Gasteiger partial charge in [-0.1, -0.05) is 0 Å². The van der Waals surface area contributed by atoms with E-state index in [0.29, 0.717) is 6.04 Å². The standard InChI is InChI=1S/C12H14N4S/c1-3-16(10-6-13-5-8(1)10)11-9-2-4-17-12(9)15-7-14-11/h2,4,7-8,10,13H,1,3,5-6H2/t8-,10+/m0/s1. The van der Waals surface area contributed by atoms with Gasteiger partial charge in [0.25, 0.3) is 0 Å². The molecule has 88 valence electrons. The summed E-state index contributed by atoms with van der Waals surface area (Å²) in [6.45, 7) is 3.40. The number of hydrogen-bond donors (Lipinski definition) is 1. The lowest BCUT2D eigenvalue weighted by Gasteiger charge is -2.24. The average molecular weight is 246 g/mol. The van der Waals surface area contributed by atoms with Crippen LogP contribution in [0.4, 0.5) is 5.82 Å². The molecule has 2 saturated heterocycles. The smallest absolute Gasteiger partial charge is 0.141 e. The zero-order valence-corrected chi connectivity index (χ0v) is 10.3. The number of thiophene rings is 1. The Hall–Kier alpha value is -1.20. The fraction of sp³-hybridized carbons (Fsp3) is 0.500. The zero-order chi connectivity index (χ0) is 11.2. The molecule has 0 spiro atoms. The van der Waals surface area contributed by atoms with E-state index in [4.69, 9.17) is 0 Å². The van der Waals surface area contributed by atoms with Crippen molar-refractivity contribution >= 4 is 27.4 Å². The van der Waals surface area contributed by atoms with Gasteiger partial charge < -0.3 is 10.2 Å². The van der Waals surface area contributed by atoms with Gasteiger partial charge in [0, 0.05) is 25.7 Å². The van der Waals surface area contributed by atoms with Gasteiger partial charge >= 0.3 is 0 Å². The summed E-state index contributed by atoms with van der Waals surface area (Å²) < 4.78 is 0. The van der Waals surface area contributed by atoms with Gasteiger partial charge in [-0.25, -0.2) is 9.97 Å². The Morgan fingerprint density at radius 1 is 1.35 bits per heavy atom. The first-order valence-corrected chi connectivity index (χ1v) is 6.97. The SMILES string of the molecule is c1nc(N2CC[C@H]3CNC[C@H]32)c2ccsc2n1. The molecule has 0 unspecified atom stereocenters. The second-order valence-electron chi connectivity index (χ2n) is 4.80. The maximum Gasteiger partial charge on any atom is 0.141 e. The van der Waals surface area contributed by atoms with Crippen molar-refractivity contribution in [3.8, 4) is 0 Å². The lowest BCUT2D eigenvalue weighted by molar-refractivity contribution is 0.578. The van der Waals surface area contributed by atoms with Crippen LogP contribution in [0.1, 0.15) is 6.42 Å². The van der Waals surface area contributed by atoms with Crippen LogP contribution in [0.25, 0.3) is 10.2 Å². The number of fused-ring (bicyclic) bond motifs is 2. The zero-order valence-electron chi connectivity index (χ0n) is 9.47. The van der Waals surface area contributed by atoms with E-state index >= 15 is 0 Å². The summed E-state index contributed by atoms with van der Waals surface area (Å²) >= 11 is 1.69. The molecule has 2 aromatic rings. The van der Waals surface area contributed by atoms with Crippen LogP contribution in [0.5, 0.6) is 0 Å². The minimum atomic E-state index is 0.632. The maximum absolute atomic E-state index is 4.52. The molecule has 0 bridgehead atoms. The molecule has 5 heteroatoms. The monoisotopic (exact) mass is 246 g/mol. The van der Waals surface area contributed by atoms with Gasteiger partial charge in [0.15, 0.2) is 0 Å². The van der Waals surface area contributed by atoms with Gasteiger partial charge in [-0.15, -0.1) is 11.3 Å². The number of aromatic nitrogens is 2. The molecule has 17 heavy (non-hydrogen) atoms. The highest BCUT2D eigenvalue weighted by Crippen LogP contribution is 2.35. The van der Waals surface area contributed by atoms with Gasteiger partial charge in [0.05, 0.1) is 5.39 Å². The van der Waals surface area contributed by atoms with Crippen molar-refractivity contribution in [2.24, 2.45) is 5.92 Å². The van der Waals surface area contributed by atoms with Crippen molar-refractivity contribution in [1.82, 2.24) is 15.3 Å². The number of nitrogens with one attached hydrogen (secondary N) is 1. The molecule has 2 atom stereocenters. The van der Waals surface area contributed by atoms with E-state index in [1.165, 1.54) is 18.4 Å². The summed E-state index contributed by atoms with van der Waals surface area (Å²) in [6.07, 6.45) is 2.98. The highest BCUT2D eigenvalue weighted by atomic mass is 32.1. The molecule has 0 aromatic carbocycles. The van der Waals surface area contributed by atoms with Gasteiger partial charge in [-0.05, 0) is 23.8 Å². The van der Waals surface area contributed by atoms with Crippen LogP contribution in [0.2, 0.25) is 0 Å². The highest BCUT2D eigenvalue weighted by Gasteiger charge is 2.38.